The van der Waals surface area contributed by atoms with Crippen LogP contribution in [0.4, 0.5) is 5.69 Å². The molecule has 1 heterocycles. The van der Waals surface area contributed by atoms with Crippen LogP contribution in [0.5, 0.6) is 0 Å². The van der Waals surface area contributed by atoms with Gasteiger partial charge < -0.3 is 9.47 Å². The van der Waals surface area contributed by atoms with Crippen LogP contribution in [0.15, 0.2) is 59.5 Å². The molecular weight excluding hydrogens is 418 g/mol. The first-order valence-electron chi connectivity index (χ1n) is 9.84. The number of hydrogen-bond donors (Lipinski definition) is 0. The van der Waals surface area contributed by atoms with E-state index in [1.165, 1.54) is 28.6 Å². The molecular formula is C23H25NO6S. The number of nitrogens with zero attached hydrogens (tertiary/aromatic N) is 1. The molecule has 0 spiro atoms. The first-order valence-corrected chi connectivity index (χ1v) is 11.3. The van der Waals surface area contributed by atoms with Crippen molar-refractivity contribution in [2.45, 2.75) is 37.7 Å². The van der Waals surface area contributed by atoms with Crippen molar-refractivity contribution in [3.8, 4) is 0 Å². The minimum absolute atomic E-state index is 0.175. The van der Waals surface area contributed by atoms with Crippen molar-refractivity contribution >= 4 is 33.7 Å². The van der Waals surface area contributed by atoms with E-state index < -0.39 is 34.2 Å². The molecule has 0 aromatic heterocycles. The Hall–Kier alpha value is -3.13. The van der Waals surface area contributed by atoms with Crippen LogP contribution in [0.2, 0.25) is 0 Å². The van der Waals surface area contributed by atoms with Crippen LogP contribution in [-0.4, -0.2) is 39.1 Å². The number of sulfonamides is 1. The Morgan fingerprint density at radius 2 is 1.74 bits per heavy atom. The van der Waals surface area contributed by atoms with E-state index in [2.05, 4.69) is 0 Å². The lowest BCUT2D eigenvalue weighted by molar-refractivity contribution is -0.164. The molecule has 164 valence electrons. The Balaban J connectivity index is 1.61. The second-order valence-corrected chi connectivity index (χ2v) is 9.91. The molecule has 0 bridgehead atoms. The molecule has 0 N–H and O–H groups in total. The van der Waals surface area contributed by atoms with Crippen LogP contribution < -0.4 is 4.31 Å². The molecule has 1 aliphatic heterocycles. The Morgan fingerprint density at radius 1 is 1.06 bits per heavy atom. The van der Waals surface area contributed by atoms with Crippen molar-refractivity contribution in [2.75, 3.05) is 17.5 Å². The van der Waals surface area contributed by atoms with E-state index in [1.54, 1.807) is 39.0 Å². The Labute approximate surface area is 182 Å². The molecule has 31 heavy (non-hydrogen) atoms. The number of anilines is 1. The van der Waals surface area contributed by atoms with Crippen molar-refractivity contribution in [3.63, 3.8) is 0 Å². The molecule has 0 saturated heterocycles. The van der Waals surface area contributed by atoms with E-state index in [0.717, 1.165) is 5.56 Å². The molecule has 2 aromatic rings. The van der Waals surface area contributed by atoms with Gasteiger partial charge in [0.2, 0.25) is 0 Å². The van der Waals surface area contributed by atoms with Gasteiger partial charge in [-0.3, -0.25) is 4.31 Å². The largest absolute Gasteiger partial charge is 0.457 e. The first kappa shape index (κ1) is 22.6. The molecule has 0 unspecified atom stereocenters. The average molecular weight is 444 g/mol. The van der Waals surface area contributed by atoms with E-state index in [-0.39, 0.29) is 4.90 Å². The zero-order valence-corrected chi connectivity index (χ0v) is 18.5. The number of carbonyl (C=O) groups is 2. The lowest BCUT2D eigenvalue weighted by Gasteiger charge is -2.19. The van der Waals surface area contributed by atoms with Crippen LogP contribution in [0.1, 0.15) is 31.9 Å². The lowest BCUT2D eigenvalue weighted by atomic mass is 10.2. The molecule has 3 rings (SSSR count). The highest BCUT2D eigenvalue weighted by Crippen LogP contribution is 2.32. The normalized spacial score (nSPS) is 13.8. The van der Waals surface area contributed by atoms with Gasteiger partial charge in [0.25, 0.3) is 10.0 Å². The molecule has 0 saturated carbocycles. The van der Waals surface area contributed by atoms with E-state index in [1.807, 2.05) is 18.2 Å². The summed E-state index contributed by atoms with van der Waals surface area (Å²) in [4.78, 5) is 23.5. The highest BCUT2D eigenvalue weighted by atomic mass is 32.2. The molecule has 0 radical (unpaired) electrons. The molecule has 7 nitrogen and oxygen atoms in total. The third-order valence-electron chi connectivity index (χ3n) is 4.48. The van der Waals surface area contributed by atoms with Gasteiger partial charge in [0.05, 0.1) is 10.6 Å². The molecule has 0 amide bonds. The van der Waals surface area contributed by atoms with E-state index in [9.17, 15) is 18.0 Å². The van der Waals surface area contributed by atoms with E-state index >= 15 is 0 Å². The van der Waals surface area contributed by atoms with Crippen molar-refractivity contribution in [3.05, 3.63) is 65.7 Å². The molecule has 1 aliphatic rings. The summed E-state index contributed by atoms with van der Waals surface area (Å²) >= 11 is 0. The SMILES string of the molecule is CC(C)(C)OC(=O)COC(=O)/C=C\c1ccc(S(=O)(=O)N2CCc3ccccc32)cc1. The summed E-state index contributed by atoms with van der Waals surface area (Å²) in [6.45, 7) is 5.10. The summed E-state index contributed by atoms with van der Waals surface area (Å²) in [6.07, 6.45) is 3.34. The van der Waals surface area contributed by atoms with Crippen LogP contribution in [-0.2, 0) is 35.5 Å². The van der Waals surface area contributed by atoms with Gasteiger partial charge in [0.15, 0.2) is 6.61 Å². The zero-order valence-electron chi connectivity index (χ0n) is 17.7. The van der Waals surface area contributed by atoms with Gasteiger partial charge in [-0.1, -0.05) is 30.3 Å². The van der Waals surface area contributed by atoms with Crippen LogP contribution in [0.3, 0.4) is 0 Å². The lowest BCUT2D eigenvalue weighted by Crippen LogP contribution is -2.29. The number of carbonyl (C=O) groups excluding carboxylic acids is 2. The van der Waals surface area contributed by atoms with Gasteiger partial charge in [-0.25, -0.2) is 18.0 Å². The predicted molar refractivity (Wildman–Crippen MR) is 117 cm³/mol. The Morgan fingerprint density at radius 3 is 2.42 bits per heavy atom. The first-order chi connectivity index (χ1) is 14.6. The van der Waals surface area contributed by atoms with Crippen LogP contribution in [0, 0.1) is 0 Å². The van der Waals surface area contributed by atoms with Gasteiger partial charge >= 0.3 is 11.9 Å². The van der Waals surface area contributed by atoms with Crippen LogP contribution in [0.25, 0.3) is 6.08 Å². The standard InChI is InChI=1S/C23H25NO6S/c1-23(2,3)30-22(26)16-29-21(25)13-10-17-8-11-19(12-9-17)31(27,28)24-15-14-18-6-4-5-7-20(18)24/h4-13H,14-16H2,1-3H3/b13-10-. The number of fused-ring (bicyclic) bond motifs is 1. The third kappa shape index (κ3) is 5.73. The van der Waals surface area contributed by atoms with E-state index in [0.29, 0.717) is 24.2 Å². The van der Waals surface area contributed by atoms with Gasteiger partial charge in [0, 0.05) is 12.6 Å². The van der Waals surface area contributed by atoms with Crippen molar-refractivity contribution in [1.29, 1.82) is 0 Å². The van der Waals surface area contributed by atoms with Gasteiger partial charge in [-0.05, 0) is 62.6 Å². The maximum Gasteiger partial charge on any atom is 0.344 e. The number of benzene rings is 2. The summed E-state index contributed by atoms with van der Waals surface area (Å²) in [5, 5.41) is 0. The molecule has 2 aromatic carbocycles. The highest BCUT2D eigenvalue weighted by molar-refractivity contribution is 7.92. The van der Waals surface area contributed by atoms with Gasteiger partial charge in [0.1, 0.15) is 5.60 Å². The second kappa shape index (κ2) is 8.93. The number of para-hydroxylation sites is 1. The average Bonchev–Trinajstić information content (AvgIpc) is 3.15. The summed E-state index contributed by atoms with van der Waals surface area (Å²) < 4.78 is 37.3. The van der Waals surface area contributed by atoms with Crippen molar-refractivity contribution in [1.82, 2.24) is 0 Å². The number of ether oxygens (including phenoxy) is 2. The van der Waals surface area contributed by atoms with Crippen molar-refractivity contribution in [2.24, 2.45) is 0 Å². The topological polar surface area (TPSA) is 90.0 Å². The molecule has 0 atom stereocenters. The monoisotopic (exact) mass is 443 g/mol. The summed E-state index contributed by atoms with van der Waals surface area (Å²) in [5.41, 5.74) is 1.68. The second-order valence-electron chi connectivity index (χ2n) is 8.05. The Kier molecular flexibility index (Phi) is 6.50. The molecule has 0 fully saturated rings. The maximum absolute atomic E-state index is 13.0. The third-order valence-corrected chi connectivity index (χ3v) is 6.30. The fourth-order valence-corrected chi connectivity index (χ4v) is 4.65. The zero-order chi connectivity index (χ0) is 22.6. The molecule has 8 heteroatoms. The fourth-order valence-electron chi connectivity index (χ4n) is 3.15. The number of rotatable bonds is 6. The maximum atomic E-state index is 13.0. The summed E-state index contributed by atoms with van der Waals surface area (Å²) in [7, 11) is -3.67. The number of esters is 2. The summed E-state index contributed by atoms with van der Waals surface area (Å²) in [5.74, 6) is -1.33. The van der Waals surface area contributed by atoms with Gasteiger partial charge in [-0.15, -0.1) is 0 Å². The summed E-state index contributed by atoms with van der Waals surface area (Å²) in [6, 6.07) is 13.7. The molecule has 0 aliphatic carbocycles. The fraction of sp³-hybridized carbons (Fsp3) is 0.304. The van der Waals surface area contributed by atoms with E-state index in [4.69, 9.17) is 9.47 Å². The smallest absolute Gasteiger partial charge is 0.344 e. The number of hydrogen-bond acceptors (Lipinski definition) is 6. The van der Waals surface area contributed by atoms with Gasteiger partial charge in [-0.2, -0.15) is 0 Å². The highest BCUT2D eigenvalue weighted by Gasteiger charge is 2.30. The minimum atomic E-state index is -3.67. The predicted octanol–water partition coefficient (Wildman–Crippen LogP) is 3.34. The quantitative estimate of drug-likeness (QED) is 0.503. The minimum Gasteiger partial charge on any atom is -0.457 e. The Bertz CT molecular complexity index is 1100. The van der Waals surface area contributed by atoms with Crippen LogP contribution >= 0.6 is 0 Å². The van der Waals surface area contributed by atoms with Crippen molar-refractivity contribution < 1.29 is 27.5 Å².